The number of anilines is 1. The molecule has 0 amide bonds. The predicted octanol–water partition coefficient (Wildman–Crippen LogP) is 1.40. The van der Waals surface area contributed by atoms with Gasteiger partial charge in [-0.25, -0.2) is 8.42 Å². The van der Waals surface area contributed by atoms with Crippen LogP contribution in [0.3, 0.4) is 0 Å². The van der Waals surface area contributed by atoms with Crippen LogP contribution in [0.1, 0.15) is 5.56 Å². The standard InChI is InChI=1S/C11H17ClN2O2S/c1-14(5-6-17(2,15)16)8-9-3-4-10(12)11(13)7-9/h3-4,7H,5-6,8,13H2,1-2H3. The Bertz CT molecular complexity index is 488. The number of nitrogen functional groups attached to an aromatic ring is 1. The fourth-order valence-corrected chi connectivity index (χ4v) is 2.16. The molecule has 17 heavy (non-hydrogen) atoms. The molecule has 0 heterocycles. The molecule has 0 spiro atoms. The molecule has 0 aliphatic heterocycles. The van der Waals surface area contributed by atoms with Crippen molar-refractivity contribution in [3.8, 4) is 0 Å². The summed E-state index contributed by atoms with van der Waals surface area (Å²) in [5.74, 6) is 0.159. The van der Waals surface area contributed by atoms with Crippen molar-refractivity contribution >= 4 is 27.1 Å². The molecule has 1 aromatic rings. The lowest BCUT2D eigenvalue weighted by molar-refractivity contribution is 0.346. The van der Waals surface area contributed by atoms with Crippen molar-refractivity contribution in [3.05, 3.63) is 28.8 Å². The quantitative estimate of drug-likeness (QED) is 0.826. The van der Waals surface area contributed by atoms with Crippen LogP contribution in [-0.2, 0) is 16.4 Å². The van der Waals surface area contributed by atoms with Crippen molar-refractivity contribution in [2.75, 3.05) is 31.3 Å². The van der Waals surface area contributed by atoms with E-state index in [1.807, 2.05) is 18.0 Å². The summed E-state index contributed by atoms with van der Waals surface area (Å²) >= 11 is 5.82. The Labute approximate surface area is 107 Å². The lowest BCUT2D eigenvalue weighted by Gasteiger charge is -2.16. The van der Waals surface area contributed by atoms with E-state index in [0.29, 0.717) is 23.8 Å². The summed E-state index contributed by atoms with van der Waals surface area (Å²) in [6, 6.07) is 5.44. The SMILES string of the molecule is CN(CCS(C)(=O)=O)Cc1ccc(Cl)c(N)c1. The van der Waals surface area contributed by atoms with Crippen molar-refractivity contribution in [3.63, 3.8) is 0 Å². The van der Waals surface area contributed by atoms with E-state index < -0.39 is 9.84 Å². The minimum atomic E-state index is -2.91. The van der Waals surface area contributed by atoms with Gasteiger partial charge in [-0.15, -0.1) is 0 Å². The molecule has 2 N–H and O–H groups in total. The molecule has 1 aromatic carbocycles. The zero-order chi connectivity index (χ0) is 13.1. The van der Waals surface area contributed by atoms with E-state index in [9.17, 15) is 8.42 Å². The highest BCUT2D eigenvalue weighted by molar-refractivity contribution is 7.90. The number of nitrogens with two attached hydrogens (primary N) is 1. The number of benzene rings is 1. The van der Waals surface area contributed by atoms with Crippen molar-refractivity contribution < 1.29 is 8.42 Å². The van der Waals surface area contributed by atoms with Crippen LogP contribution in [0.4, 0.5) is 5.69 Å². The van der Waals surface area contributed by atoms with E-state index >= 15 is 0 Å². The number of hydrogen-bond acceptors (Lipinski definition) is 4. The Morgan fingerprint density at radius 3 is 2.59 bits per heavy atom. The number of sulfone groups is 1. The monoisotopic (exact) mass is 276 g/mol. The molecule has 0 saturated heterocycles. The Balaban J connectivity index is 2.56. The van der Waals surface area contributed by atoms with E-state index in [2.05, 4.69) is 0 Å². The third-order valence-electron chi connectivity index (χ3n) is 2.36. The Hall–Kier alpha value is -0.780. The lowest BCUT2D eigenvalue weighted by Crippen LogP contribution is -2.24. The summed E-state index contributed by atoms with van der Waals surface area (Å²) in [5, 5.41) is 0.535. The molecular weight excluding hydrogens is 260 g/mol. The molecule has 0 atom stereocenters. The van der Waals surface area contributed by atoms with E-state index in [1.165, 1.54) is 6.26 Å². The average molecular weight is 277 g/mol. The first-order chi connectivity index (χ1) is 7.78. The number of halogens is 1. The van der Waals surface area contributed by atoms with Gasteiger partial charge in [-0.3, -0.25) is 0 Å². The molecule has 0 bridgehead atoms. The molecule has 0 saturated carbocycles. The van der Waals surface area contributed by atoms with Crippen LogP contribution in [-0.4, -0.2) is 38.9 Å². The van der Waals surface area contributed by atoms with Crippen LogP contribution in [0, 0.1) is 0 Å². The Morgan fingerprint density at radius 2 is 2.06 bits per heavy atom. The molecule has 0 aromatic heterocycles. The molecule has 4 nitrogen and oxygen atoms in total. The van der Waals surface area contributed by atoms with Gasteiger partial charge in [0.05, 0.1) is 16.5 Å². The van der Waals surface area contributed by atoms with Crippen LogP contribution >= 0.6 is 11.6 Å². The fourth-order valence-electron chi connectivity index (χ4n) is 1.40. The summed E-state index contributed by atoms with van der Waals surface area (Å²) in [7, 11) is -1.04. The fraction of sp³-hybridized carbons (Fsp3) is 0.455. The number of hydrogen-bond donors (Lipinski definition) is 1. The summed E-state index contributed by atoms with van der Waals surface area (Å²) < 4.78 is 22.0. The smallest absolute Gasteiger partial charge is 0.148 e. The normalized spacial score (nSPS) is 12.0. The van der Waals surface area contributed by atoms with Gasteiger partial charge in [-0.05, 0) is 24.7 Å². The molecule has 0 aliphatic carbocycles. The molecule has 0 radical (unpaired) electrons. The predicted molar refractivity (Wildman–Crippen MR) is 71.9 cm³/mol. The highest BCUT2D eigenvalue weighted by atomic mass is 35.5. The summed E-state index contributed by atoms with van der Waals surface area (Å²) in [4.78, 5) is 1.93. The van der Waals surface area contributed by atoms with Crippen molar-refractivity contribution in [1.29, 1.82) is 0 Å². The first-order valence-electron chi connectivity index (χ1n) is 5.18. The molecule has 0 fully saturated rings. The van der Waals surface area contributed by atoms with E-state index in [4.69, 9.17) is 17.3 Å². The highest BCUT2D eigenvalue weighted by Gasteiger charge is 2.07. The molecule has 0 unspecified atom stereocenters. The van der Waals surface area contributed by atoms with Gasteiger partial charge in [-0.1, -0.05) is 17.7 Å². The average Bonchev–Trinajstić information content (AvgIpc) is 2.20. The van der Waals surface area contributed by atoms with Crippen LogP contribution in [0.2, 0.25) is 5.02 Å². The second kappa shape index (κ2) is 5.71. The first kappa shape index (κ1) is 14.3. The van der Waals surface area contributed by atoms with Gasteiger partial charge < -0.3 is 10.6 Å². The molecule has 96 valence electrons. The third kappa shape index (κ3) is 5.39. The topological polar surface area (TPSA) is 63.4 Å². The Kier molecular flexibility index (Phi) is 4.80. The third-order valence-corrected chi connectivity index (χ3v) is 3.63. The van der Waals surface area contributed by atoms with Gasteiger partial charge in [0.1, 0.15) is 9.84 Å². The molecule has 0 aliphatic rings. The lowest BCUT2D eigenvalue weighted by atomic mass is 10.2. The summed E-state index contributed by atoms with van der Waals surface area (Å²) in [6.45, 7) is 1.15. The Morgan fingerprint density at radius 1 is 1.41 bits per heavy atom. The maximum Gasteiger partial charge on any atom is 0.148 e. The molecule has 1 rings (SSSR count). The van der Waals surface area contributed by atoms with E-state index in [0.717, 1.165) is 5.56 Å². The van der Waals surface area contributed by atoms with E-state index in [-0.39, 0.29) is 5.75 Å². The minimum Gasteiger partial charge on any atom is -0.398 e. The van der Waals surface area contributed by atoms with Gasteiger partial charge in [0.25, 0.3) is 0 Å². The zero-order valence-corrected chi connectivity index (χ0v) is 11.6. The molecular formula is C11H17ClN2O2S. The van der Waals surface area contributed by atoms with Crippen LogP contribution in [0.25, 0.3) is 0 Å². The number of rotatable bonds is 5. The van der Waals surface area contributed by atoms with Gasteiger partial charge in [0.2, 0.25) is 0 Å². The number of nitrogens with zero attached hydrogens (tertiary/aromatic N) is 1. The van der Waals surface area contributed by atoms with Gasteiger partial charge in [-0.2, -0.15) is 0 Å². The van der Waals surface area contributed by atoms with Crippen LogP contribution in [0.5, 0.6) is 0 Å². The van der Waals surface area contributed by atoms with Crippen molar-refractivity contribution in [1.82, 2.24) is 4.90 Å². The maximum absolute atomic E-state index is 11.0. The minimum absolute atomic E-state index is 0.159. The summed E-state index contributed by atoms with van der Waals surface area (Å²) in [5.41, 5.74) is 7.25. The first-order valence-corrected chi connectivity index (χ1v) is 7.62. The zero-order valence-electron chi connectivity index (χ0n) is 9.98. The van der Waals surface area contributed by atoms with Crippen molar-refractivity contribution in [2.24, 2.45) is 0 Å². The largest absolute Gasteiger partial charge is 0.398 e. The molecule has 6 heteroatoms. The summed E-state index contributed by atoms with van der Waals surface area (Å²) in [6.07, 6.45) is 1.24. The second-order valence-electron chi connectivity index (χ2n) is 4.22. The van der Waals surface area contributed by atoms with Gasteiger partial charge in [0, 0.05) is 19.3 Å². The van der Waals surface area contributed by atoms with Crippen molar-refractivity contribution in [2.45, 2.75) is 6.54 Å². The van der Waals surface area contributed by atoms with Gasteiger partial charge in [0.15, 0.2) is 0 Å². The van der Waals surface area contributed by atoms with Crippen LogP contribution < -0.4 is 5.73 Å². The maximum atomic E-state index is 11.0. The second-order valence-corrected chi connectivity index (χ2v) is 6.89. The highest BCUT2D eigenvalue weighted by Crippen LogP contribution is 2.20. The van der Waals surface area contributed by atoms with E-state index in [1.54, 1.807) is 12.1 Å². The van der Waals surface area contributed by atoms with Gasteiger partial charge >= 0.3 is 0 Å². The van der Waals surface area contributed by atoms with Crippen LogP contribution in [0.15, 0.2) is 18.2 Å².